The first-order valence-corrected chi connectivity index (χ1v) is 10.0. The highest BCUT2D eigenvalue weighted by Crippen LogP contribution is 2.27. The Labute approximate surface area is 181 Å². The van der Waals surface area contributed by atoms with Crippen molar-refractivity contribution in [1.82, 2.24) is 29.5 Å². The summed E-state index contributed by atoms with van der Waals surface area (Å²) in [4.78, 5) is 44.4. The molecule has 1 fully saturated rings. The zero-order chi connectivity index (χ0) is 23.2. The Morgan fingerprint density at radius 1 is 1.19 bits per heavy atom. The van der Waals surface area contributed by atoms with Gasteiger partial charge in [-0.2, -0.15) is 4.52 Å². The van der Waals surface area contributed by atoms with Crippen molar-refractivity contribution in [3.05, 3.63) is 40.1 Å². The molecular formula is C20H23N7O5. The van der Waals surface area contributed by atoms with Crippen molar-refractivity contribution in [3.8, 4) is 5.88 Å². The molecule has 0 unspecified atom stereocenters. The maximum atomic E-state index is 13.0. The topological polar surface area (TPSA) is 164 Å². The average molecular weight is 441 g/mol. The van der Waals surface area contributed by atoms with Gasteiger partial charge in [-0.1, -0.05) is 20.8 Å². The Balaban J connectivity index is 1.79. The van der Waals surface area contributed by atoms with Gasteiger partial charge in [-0.3, -0.25) is 14.2 Å². The van der Waals surface area contributed by atoms with E-state index in [9.17, 15) is 19.5 Å². The second-order valence-corrected chi connectivity index (χ2v) is 8.91. The molecule has 0 atom stereocenters. The first kappa shape index (κ1) is 21.3. The second kappa shape index (κ2) is 7.62. The van der Waals surface area contributed by atoms with Crippen LogP contribution in [-0.2, 0) is 6.54 Å². The number of carbonyl (C=O) groups is 2. The lowest BCUT2D eigenvalue weighted by Gasteiger charge is -2.23. The van der Waals surface area contributed by atoms with Gasteiger partial charge < -0.3 is 20.8 Å². The van der Waals surface area contributed by atoms with Crippen LogP contribution in [0.2, 0.25) is 0 Å². The minimum absolute atomic E-state index is 0.00950. The number of aromatic hydroxyl groups is 1. The molecule has 3 aromatic heterocycles. The van der Waals surface area contributed by atoms with Crippen LogP contribution in [0.5, 0.6) is 5.88 Å². The Bertz CT molecular complexity index is 1270. The van der Waals surface area contributed by atoms with Crippen molar-refractivity contribution in [1.29, 1.82) is 0 Å². The lowest BCUT2D eigenvalue weighted by Crippen LogP contribution is -2.35. The molecule has 0 radical (unpaired) electrons. The highest BCUT2D eigenvalue weighted by molar-refractivity contribution is 5.96. The van der Waals surface area contributed by atoms with Crippen LogP contribution < -0.4 is 16.2 Å². The summed E-state index contributed by atoms with van der Waals surface area (Å²) in [6.07, 6.45) is 3.98. The summed E-state index contributed by atoms with van der Waals surface area (Å²) in [6, 6.07) is 1.54. The van der Waals surface area contributed by atoms with E-state index in [0.29, 0.717) is 6.54 Å². The van der Waals surface area contributed by atoms with Crippen LogP contribution in [0.25, 0.3) is 5.65 Å². The SMILES string of the molecule is CC(C)(C)Cn1c(O)c(C(=O)NC2CC2)c(=O)n2nc(Nc3cnc(C(=O)O)cn3)cc12. The van der Waals surface area contributed by atoms with Crippen LogP contribution in [-0.4, -0.2) is 52.3 Å². The number of carbonyl (C=O) groups excluding carboxylic acids is 1. The summed E-state index contributed by atoms with van der Waals surface area (Å²) in [6.45, 7) is 6.19. The molecule has 0 spiro atoms. The van der Waals surface area contributed by atoms with Gasteiger partial charge in [0.2, 0.25) is 5.88 Å². The number of fused-ring (bicyclic) bond motifs is 1. The fraction of sp³-hybridized carbons (Fsp3) is 0.400. The third kappa shape index (κ3) is 4.24. The zero-order valence-electron chi connectivity index (χ0n) is 17.8. The summed E-state index contributed by atoms with van der Waals surface area (Å²) in [5.41, 5.74) is -1.34. The molecule has 0 saturated heterocycles. The van der Waals surface area contributed by atoms with Gasteiger partial charge in [-0.25, -0.2) is 14.8 Å². The number of amides is 1. The number of aromatic nitrogens is 5. The Hall–Kier alpha value is -3.96. The molecule has 1 amide bonds. The van der Waals surface area contributed by atoms with E-state index in [1.165, 1.54) is 16.8 Å². The lowest BCUT2D eigenvalue weighted by atomic mass is 9.96. The minimum Gasteiger partial charge on any atom is -0.494 e. The van der Waals surface area contributed by atoms with Crippen molar-refractivity contribution in [3.63, 3.8) is 0 Å². The Kier molecular flexibility index (Phi) is 5.07. The van der Waals surface area contributed by atoms with Gasteiger partial charge in [0, 0.05) is 18.7 Å². The van der Waals surface area contributed by atoms with Crippen LogP contribution in [0, 0.1) is 5.41 Å². The first-order chi connectivity index (χ1) is 15.0. The third-order valence-electron chi connectivity index (χ3n) is 4.75. The van der Waals surface area contributed by atoms with E-state index in [1.54, 1.807) is 0 Å². The smallest absolute Gasteiger partial charge is 0.356 e. The van der Waals surface area contributed by atoms with Gasteiger partial charge >= 0.3 is 5.97 Å². The fourth-order valence-electron chi connectivity index (χ4n) is 3.17. The number of rotatable bonds is 6. The van der Waals surface area contributed by atoms with E-state index < -0.39 is 23.3 Å². The van der Waals surface area contributed by atoms with Gasteiger partial charge in [0.05, 0.1) is 12.4 Å². The molecule has 3 heterocycles. The van der Waals surface area contributed by atoms with Crippen LogP contribution in [0.1, 0.15) is 54.5 Å². The molecule has 1 aliphatic carbocycles. The Morgan fingerprint density at radius 3 is 2.47 bits per heavy atom. The van der Waals surface area contributed by atoms with Crippen molar-refractivity contribution < 1.29 is 19.8 Å². The maximum absolute atomic E-state index is 13.0. The monoisotopic (exact) mass is 441 g/mol. The van der Waals surface area contributed by atoms with Crippen molar-refractivity contribution >= 4 is 29.2 Å². The summed E-state index contributed by atoms with van der Waals surface area (Å²) in [5.74, 6) is -1.85. The number of aromatic carboxylic acids is 1. The lowest BCUT2D eigenvalue weighted by molar-refractivity contribution is 0.0689. The quantitative estimate of drug-likeness (QED) is 0.442. The van der Waals surface area contributed by atoms with Crippen molar-refractivity contribution in [2.75, 3.05) is 5.32 Å². The number of hydrogen-bond donors (Lipinski definition) is 4. The van der Waals surface area contributed by atoms with Crippen LogP contribution >= 0.6 is 0 Å². The van der Waals surface area contributed by atoms with Gasteiger partial charge in [0.25, 0.3) is 11.5 Å². The van der Waals surface area contributed by atoms with E-state index in [-0.39, 0.29) is 40.0 Å². The molecule has 3 aromatic rings. The molecule has 0 aliphatic heterocycles. The maximum Gasteiger partial charge on any atom is 0.356 e. The van der Waals surface area contributed by atoms with E-state index >= 15 is 0 Å². The number of carboxylic acids is 1. The molecule has 0 aromatic carbocycles. The van der Waals surface area contributed by atoms with Crippen LogP contribution in [0.4, 0.5) is 11.6 Å². The number of hydrogen-bond acceptors (Lipinski definition) is 8. The first-order valence-electron chi connectivity index (χ1n) is 10.0. The standard InChI is InChI=1S/C20H23N7O5/c1-20(2,3)9-26-14-6-12(24-13-8-21-11(7-22-13)19(31)32)25-27(14)18(30)15(17(26)29)16(28)23-10-4-5-10/h6-8,10,29H,4-5,9H2,1-3H3,(H,23,28)(H,31,32)(H,22,24,25). The molecule has 0 bridgehead atoms. The molecule has 12 nitrogen and oxygen atoms in total. The number of nitrogens with zero attached hydrogens (tertiary/aromatic N) is 5. The minimum atomic E-state index is -1.21. The predicted octanol–water partition coefficient (Wildman–Crippen LogP) is 1.37. The van der Waals surface area contributed by atoms with Crippen molar-refractivity contribution in [2.45, 2.75) is 46.2 Å². The molecular weight excluding hydrogens is 418 g/mol. The molecule has 32 heavy (non-hydrogen) atoms. The molecule has 1 aliphatic rings. The van der Waals surface area contributed by atoms with Gasteiger partial charge in [0.15, 0.2) is 17.1 Å². The molecule has 12 heteroatoms. The summed E-state index contributed by atoms with van der Waals surface area (Å²) in [7, 11) is 0. The second-order valence-electron chi connectivity index (χ2n) is 8.91. The van der Waals surface area contributed by atoms with Crippen LogP contribution in [0.3, 0.4) is 0 Å². The number of anilines is 2. The fourth-order valence-corrected chi connectivity index (χ4v) is 3.17. The normalized spacial score (nSPS) is 13.8. The summed E-state index contributed by atoms with van der Waals surface area (Å²) < 4.78 is 2.52. The average Bonchev–Trinajstić information content (AvgIpc) is 3.41. The largest absolute Gasteiger partial charge is 0.494 e. The van der Waals surface area contributed by atoms with E-state index in [4.69, 9.17) is 5.11 Å². The summed E-state index contributed by atoms with van der Waals surface area (Å²) in [5, 5.41) is 29.6. The predicted molar refractivity (Wildman–Crippen MR) is 113 cm³/mol. The van der Waals surface area contributed by atoms with Crippen molar-refractivity contribution in [2.24, 2.45) is 5.41 Å². The molecule has 168 valence electrons. The molecule has 1 saturated carbocycles. The molecule has 4 N–H and O–H groups in total. The Morgan fingerprint density at radius 2 is 1.91 bits per heavy atom. The van der Waals surface area contributed by atoms with E-state index in [0.717, 1.165) is 23.6 Å². The van der Waals surface area contributed by atoms with Crippen LogP contribution in [0.15, 0.2) is 23.3 Å². The zero-order valence-corrected chi connectivity index (χ0v) is 17.8. The number of nitrogens with one attached hydrogen (secondary N) is 2. The van der Waals surface area contributed by atoms with E-state index in [2.05, 4.69) is 25.7 Å². The van der Waals surface area contributed by atoms with Gasteiger partial charge in [-0.05, 0) is 18.3 Å². The highest BCUT2D eigenvalue weighted by Gasteiger charge is 2.30. The summed E-state index contributed by atoms with van der Waals surface area (Å²) >= 11 is 0. The third-order valence-corrected chi connectivity index (χ3v) is 4.75. The molecule has 4 rings (SSSR count). The van der Waals surface area contributed by atoms with Gasteiger partial charge in [0.1, 0.15) is 11.5 Å². The van der Waals surface area contributed by atoms with Gasteiger partial charge in [-0.15, -0.1) is 5.10 Å². The number of carboxylic acid groups (broad SMARTS) is 1. The highest BCUT2D eigenvalue weighted by atomic mass is 16.4. The van der Waals surface area contributed by atoms with E-state index in [1.807, 2.05) is 20.8 Å².